The zero-order valence-electron chi connectivity index (χ0n) is 17.6. The molecule has 2 aromatic rings. The number of piperidine rings is 1. The average molecular weight is 399 g/mol. The molecule has 156 valence electrons. The predicted molar refractivity (Wildman–Crippen MR) is 111 cm³/mol. The van der Waals surface area contributed by atoms with Gasteiger partial charge in [-0.2, -0.15) is 0 Å². The maximum absolute atomic E-state index is 12.8. The first-order valence-corrected chi connectivity index (χ1v) is 10.1. The van der Waals surface area contributed by atoms with Gasteiger partial charge in [0, 0.05) is 31.2 Å². The van der Waals surface area contributed by atoms with Crippen molar-refractivity contribution in [3.05, 3.63) is 48.5 Å². The summed E-state index contributed by atoms with van der Waals surface area (Å²) in [6.45, 7) is 8.53. The van der Waals surface area contributed by atoms with Gasteiger partial charge in [-0.15, -0.1) is 0 Å². The Kier molecular flexibility index (Phi) is 6.25. The highest BCUT2D eigenvalue weighted by Gasteiger charge is 2.31. The van der Waals surface area contributed by atoms with E-state index in [9.17, 15) is 9.59 Å². The van der Waals surface area contributed by atoms with Crippen LogP contribution in [0.25, 0.3) is 5.69 Å². The first-order chi connectivity index (χ1) is 13.7. The van der Waals surface area contributed by atoms with Gasteiger partial charge in [-0.1, -0.05) is 12.1 Å². The second kappa shape index (κ2) is 8.68. The van der Waals surface area contributed by atoms with E-state index >= 15 is 0 Å². The Morgan fingerprint density at radius 3 is 2.59 bits per heavy atom. The molecule has 0 unspecified atom stereocenters. The fraction of sp³-hybridized carbons (Fsp3) is 0.500. The summed E-state index contributed by atoms with van der Waals surface area (Å²) in [5.41, 5.74) is 1.51. The Balaban J connectivity index is 1.57. The van der Waals surface area contributed by atoms with Crippen LogP contribution >= 0.6 is 0 Å². The molecule has 0 bridgehead atoms. The van der Waals surface area contributed by atoms with Crippen LogP contribution in [0.15, 0.2) is 43.0 Å². The van der Waals surface area contributed by atoms with Crippen molar-refractivity contribution in [3.8, 4) is 5.69 Å². The normalized spacial score (nSPS) is 18.2. The standard InChI is InChI=1S/C22H30N4O3/c1-16(17-7-9-19(10-8-17)26-13-11-23-15-26)24-20(27)18-6-5-12-25(14-18)21(28)29-22(2,3)4/h7-11,13,15-16,18H,5-6,12,14H2,1-4H3,(H,24,27)/t16-,18+/m0/s1. The van der Waals surface area contributed by atoms with Crippen LogP contribution in [-0.4, -0.2) is 45.1 Å². The molecule has 2 amide bonds. The van der Waals surface area contributed by atoms with Crippen LogP contribution in [0, 0.1) is 5.92 Å². The molecule has 2 heterocycles. The van der Waals surface area contributed by atoms with Crippen LogP contribution in [0.2, 0.25) is 0 Å². The fourth-order valence-electron chi connectivity index (χ4n) is 3.45. The first-order valence-electron chi connectivity index (χ1n) is 10.1. The molecule has 1 aromatic heterocycles. The number of nitrogens with zero attached hydrogens (tertiary/aromatic N) is 3. The van der Waals surface area contributed by atoms with Crippen LogP contribution in [0.5, 0.6) is 0 Å². The number of hydrogen-bond acceptors (Lipinski definition) is 4. The number of nitrogens with one attached hydrogen (secondary N) is 1. The van der Waals surface area contributed by atoms with Gasteiger partial charge in [-0.3, -0.25) is 4.79 Å². The molecule has 29 heavy (non-hydrogen) atoms. The molecule has 0 saturated carbocycles. The third-order valence-electron chi connectivity index (χ3n) is 5.00. The van der Waals surface area contributed by atoms with Crippen LogP contribution in [0.3, 0.4) is 0 Å². The average Bonchev–Trinajstić information content (AvgIpc) is 3.21. The summed E-state index contributed by atoms with van der Waals surface area (Å²) in [6, 6.07) is 7.91. The van der Waals surface area contributed by atoms with Crippen molar-refractivity contribution in [1.29, 1.82) is 0 Å². The van der Waals surface area contributed by atoms with Crippen molar-refractivity contribution < 1.29 is 14.3 Å². The zero-order chi connectivity index (χ0) is 21.0. The minimum atomic E-state index is -0.538. The molecule has 1 aromatic carbocycles. The Bertz CT molecular complexity index is 825. The first kappa shape index (κ1) is 20.9. The van der Waals surface area contributed by atoms with Crippen molar-refractivity contribution in [1.82, 2.24) is 19.8 Å². The van der Waals surface area contributed by atoms with Crippen molar-refractivity contribution >= 4 is 12.0 Å². The van der Waals surface area contributed by atoms with Crippen molar-refractivity contribution in [3.63, 3.8) is 0 Å². The second-order valence-corrected chi connectivity index (χ2v) is 8.56. The topological polar surface area (TPSA) is 76.5 Å². The molecule has 1 aliphatic rings. The van der Waals surface area contributed by atoms with E-state index in [4.69, 9.17) is 4.74 Å². The van der Waals surface area contributed by atoms with Crippen LogP contribution in [0.4, 0.5) is 4.79 Å². The van der Waals surface area contributed by atoms with E-state index in [1.807, 2.05) is 62.7 Å². The summed E-state index contributed by atoms with van der Waals surface area (Å²) in [5, 5.41) is 3.09. The van der Waals surface area contributed by atoms with Crippen molar-refractivity contribution in [2.75, 3.05) is 13.1 Å². The molecule has 1 saturated heterocycles. The Morgan fingerprint density at radius 2 is 1.97 bits per heavy atom. The van der Waals surface area contributed by atoms with Crippen molar-refractivity contribution in [2.24, 2.45) is 5.92 Å². The molecule has 1 aliphatic heterocycles. The SMILES string of the molecule is C[C@H](NC(=O)[C@@H]1CCCN(C(=O)OC(C)(C)C)C1)c1ccc(-n2ccnc2)cc1. The smallest absolute Gasteiger partial charge is 0.410 e. The highest BCUT2D eigenvalue weighted by molar-refractivity contribution is 5.80. The molecular formula is C22H30N4O3. The number of ether oxygens (including phenoxy) is 1. The molecule has 7 nitrogen and oxygen atoms in total. The molecule has 0 radical (unpaired) electrons. The van der Waals surface area contributed by atoms with Gasteiger partial charge in [0.05, 0.1) is 18.3 Å². The number of imidazole rings is 1. The van der Waals surface area contributed by atoms with E-state index in [0.29, 0.717) is 13.1 Å². The lowest BCUT2D eigenvalue weighted by atomic mass is 9.96. The summed E-state index contributed by atoms with van der Waals surface area (Å²) in [6.07, 6.45) is 6.60. The summed E-state index contributed by atoms with van der Waals surface area (Å²) in [7, 11) is 0. The number of amides is 2. The lowest BCUT2D eigenvalue weighted by Gasteiger charge is -2.34. The predicted octanol–water partition coefficient (Wildman–Crippen LogP) is 3.70. The molecule has 3 rings (SSSR count). The van der Waals surface area contributed by atoms with E-state index < -0.39 is 5.60 Å². The van der Waals surface area contributed by atoms with Gasteiger partial charge in [0.1, 0.15) is 5.60 Å². The minimum Gasteiger partial charge on any atom is -0.444 e. The summed E-state index contributed by atoms with van der Waals surface area (Å²) in [4.78, 5) is 30.8. The third-order valence-corrected chi connectivity index (χ3v) is 5.00. The molecule has 0 aliphatic carbocycles. The third kappa shape index (κ3) is 5.59. The number of benzene rings is 1. The maximum atomic E-state index is 12.8. The quantitative estimate of drug-likeness (QED) is 0.852. The van der Waals surface area contributed by atoms with Gasteiger partial charge in [0.25, 0.3) is 0 Å². The van der Waals surface area contributed by atoms with Gasteiger partial charge in [-0.25, -0.2) is 9.78 Å². The second-order valence-electron chi connectivity index (χ2n) is 8.56. The van der Waals surface area contributed by atoms with Gasteiger partial charge < -0.3 is 19.5 Å². The Hall–Kier alpha value is -2.83. The molecule has 0 spiro atoms. The molecule has 2 atom stereocenters. The number of carbonyl (C=O) groups excluding carboxylic acids is 2. The number of likely N-dealkylation sites (tertiary alicyclic amines) is 1. The number of carbonyl (C=O) groups is 2. The molecule has 1 fully saturated rings. The zero-order valence-corrected chi connectivity index (χ0v) is 17.6. The Labute approximate surface area is 172 Å². The monoisotopic (exact) mass is 398 g/mol. The molecule has 1 N–H and O–H groups in total. The fourth-order valence-corrected chi connectivity index (χ4v) is 3.45. The van der Waals surface area contributed by atoms with Crippen LogP contribution in [0.1, 0.15) is 52.1 Å². The highest BCUT2D eigenvalue weighted by Crippen LogP contribution is 2.21. The van der Waals surface area contributed by atoms with E-state index in [1.165, 1.54) is 0 Å². The van der Waals surface area contributed by atoms with Gasteiger partial charge in [-0.05, 0) is 58.2 Å². The highest BCUT2D eigenvalue weighted by atomic mass is 16.6. The van der Waals surface area contributed by atoms with E-state index in [1.54, 1.807) is 17.4 Å². The van der Waals surface area contributed by atoms with E-state index in [0.717, 1.165) is 24.1 Å². The number of hydrogen-bond donors (Lipinski definition) is 1. The lowest BCUT2D eigenvalue weighted by Crippen LogP contribution is -2.47. The van der Waals surface area contributed by atoms with Crippen LogP contribution in [-0.2, 0) is 9.53 Å². The number of aromatic nitrogens is 2. The Morgan fingerprint density at radius 1 is 1.24 bits per heavy atom. The summed E-state index contributed by atoms with van der Waals surface area (Å²) >= 11 is 0. The maximum Gasteiger partial charge on any atom is 0.410 e. The summed E-state index contributed by atoms with van der Waals surface area (Å²) < 4.78 is 7.38. The molecular weight excluding hydrogens is 368 g/mol. The lowest BCUT2D eigenvalue weighted by molar-refractivity contribution is -0.127. The largest absolute Gasteiger partial charge is 0.444 e. The van der Waals surface area contributed by atoms with E-state index in [-0.39, 0.29) is 24.0 Å². The van der Waals surface area contributed by atoms with Gasteiger partial charge in [0.15, 0.2) is 0 Å². The minimum absolute atomic E-state index is 0.0237. The summed E-state index contributed by atoms with van der Waals surface area (Å²) in [5.74, 6) is -0.242. The number of rotatable bonds is 4. The van der Waals surface area contributed by atoms with Crippen molar-refractivity contribution in [2.45, 2.75) is 52.2 Å². The molecule has 7 heteroatoms. The van der Waals surface area contributed by atoms with Gasteiger partial charge >= 0.3 is 6.09 Å². The van der Waals surface area contributed by atoms with Gasteiger partial charge in [0.2, 0.25) is 5.91 Å². The van der Waals surface area contributed by atoms with Crippen LogP contribution < -0.4 is 5.32 Å². The van der Waals surface area contributed by atoms with E-state index in [2.05, 4.69) is 10.3 Å².